The van der Waals surface area contributed by atoms with E-state index >= 15 is 0 Å². The van der Waals surface area contributed by atoms with Gasteiger partial charge in [0.1, 0.15) is 0 Å². The van der Waals surface area contributed by atoms with Gasteiger partial charge >= 0.3 is 0 Å². The van der Waals surface area contributed by atoms with Crippen LogP contribution in [0.1, 0.15) is 6.92 Å². The Morgan fingerprint density at radius 3 is 2.88 bits per heavy atom. The lowest BCUT2D eigenvalue weighted by atomic mass is 10.8. The Morgan fingerprint density at radius 1 is 1.88 bits per heavy atom. The molecule has 2 N–H and O–H groups in total. The van der Waals surface area contributed by atoms with Crippen molar-refractivity contribution in [3.63, 3.8) is 0 Å². The number of nitrogens with one attached hydrogen (secondary N) is 2. The van der Waals surface area contributed by atoms with Crippen molar-refractivity contribution < 1.29 is 4.79 Å². The van der Waals surface area contributed by atoms with Gasteiger partial charge < -0.3 is 0 Å². The van der Waals surface area contributed by atoms with Crippen LogP contribution in [-0.4, -0.2) is 18.2 Å². The smallest absolute Gasteiger partial charge is 0.218 e. The largest absolute Gasteiger partial charge is 0.284 e. The van der Waals surface area contributed by atoms with Crippen molar-refractivity contribution in [1.29, 1.82) is 0 Å². The van der Waals surface area contributed by atoms with Crippen LogP contribution in [0.3, 0.4) is 0 Å². The predicted octanol–water partition coefficient (Wildman–Crippen LogP) is 0.0536. The van der Waals surface area contributed by atoms with Gasteiger partial charge in [-0.3, -0.25) is 9.52 Å². The second-order valence-corrected chi connectivity index (χ2v) is 2.10. The average Bonchev–Trinajstić information content (AvgIpc) is 1.83. The van der Waals surface area contributed by atoms with Crippen molar-refractivity contribution in [3.05, 3.63) is 0 Å². The third-order valence-electron chi connectivity index (χ3n) is 0.475. The van der Waals surface area contributed by atoms with Crippen molar-refractivity contribution in [2.24, 2.45) is 0 Å². The molecule has 0 rings (SSSR count). The van der Waals surface area contributed by atoms with Gasteiger partial charge in [-0.05, 0) is 11.9 Å². The van der Waals surface area contributed by atoms with E-state index in [1.165, 1.54) is 0 Å². The second kappa shape index (κ2) is 5.08. The van der Waals surface area contributed by atoms with Crippen LogP contribution < -0.4 is 10.5 Å². The molecule has 0 aromatic carbocycles. The van der Waals surface area contributed by atoms with Gasteiger partial charge in [0.2, 0.25) is 5.12 Å². The standard InChI is InChI=1S/C4H9N2OS/c1-2-6-8-4(7)3-5/h5-6H,2-3H2,1H3. The third-order valence-corrected chi connectivity index (χ3v) is 1.28. The summed E-state index contributed by atoms with van der Waals surface area (Å²) in [6.45, 7) is 2.53. The second-order valence-electron chi connectivity index (χ2n) is 1.15. The van der Waals surface area contributed by atoms with E-state index in [0.717, 1.165) is 18.5 Å². The van der Waals surface area contributed by atoms with Gasteiger partial charge in [-0.15, -0.1) is 0 Å². The van der Waals surface area contributed by atoms with E-state index in [1.807, 2.05) is 6.92 Å². The summed E-state index contributed by atoms with van der Waals surface area (Å²) in [6, 6.07) is 0. The van der Waals surface area contributed by atoms with E-state index in [4.69, 9.17) is 5.73 Å². The molecule has 0 fully saturated rings. The molecule has 0 saturated heterocycles. The predicted molar refractivity (Wildman–Crippen MR) is 34.2 cm³/mol. The molecule has 4 heteroatoms. The van der Waals surface area contributed by atoms with E-state index in [1.54, 1.807) is 0 Å². The zero-order chi connectivity index (χ0) is 6.41. The van der Waals surface area contributed by atoms with Crippen LogP contribution in [0.5, 0.6) is 0 Å². The fraction of sp³-hybridized carbons (Fsp3) is 0.750. The van der Waals surface area contributed by atoms with E-state index in [9.17, 15) is 4.79 Å². The van der Waals surface area contributed by atoms with Crippen molar-refractivity contribution >= 4 is 17.1 Å². The minimum absolute atomic E-state index is 0.133. The first-order valence-corrected chi connectivity index (χ1v) is 3.20. The third kappa shape index (κ3) is 4.11. The Balaban J connectivity index is 2.99. The van der Waals surface area contributed by atoms with Gasteiger partial charge in [0.25, 0.3) is 0 Å². The maximum Gasteiger partial charge on any atom is 0.218 e. The first-order valence-electron chi connectivity index (χ1n) is 2.38. The quantitative estimate of drug-likeness (QED) is 0.553. The van der Waals surface area contributed by atoms with Crippen LogP contribution in [0.25, 0.3) is 0 Å². The lowest BCUT2D eigenvalue weighted by molar-refractivity contribution is -0.109. The molecule has 0 aliphatic rings. The van der Waals surface area contributed by atoms with Gasteiger partial charge in [-0.25, -0.2) is 5.73 Å². The highest BCUT2D eigenvalue weighted by Gasteiger charge is 1.94. The van der Waals surface area contributed by atoms with Crippen LogP contribution in [-0.2, 0) is 4.79 Å². The number of hydrogen-bond donors (Lipinski definition) is 1. The number of carbonyl (C=O) groups is 1. The average molecular weight is 133 g/mol. The number of rotatable bonds is 3. The molecule has 8 heavy (non-hydrogen) atoms. The molecule has 0 aliphatic carbocycles. The zero-order valence-electron chi connectivity index (χ0n) is 4.73. The summed E-state index contributed by atoms with van der Waals surface area (Å²) in [5, 5.41) is -0.133. The highest BCUT2D eigenvalue weighted by Crippen LogP contribution is 1.91. The van der Waals surface area contributed by atoms with Crippen molar-refractivity contribution in [2.75, 3.05) is 13.1 Å². The summed E-state index contributed by atoms with van der Waals surface area (Å²) >= 11 is 1.000. The molecule has 47 valence electrons. The molecule has 0 atom stereocenters. The maximum absolute atomic E-state index is 10.3. The van der Waals surface area contributed by atoms with Crippen molar-refractivity contribution in [2.45, 2.75) is 6.92 Å². The normalized spacial score (nSPS) is 9.25. The molecule has 0 amide bonds. The van der Waals surface area contributed by atoms with Crippen LogP contribution in [0.4, 0.5) is 0 Å². The SMILES string of the molecule is CCNSC(=O)C[NH]. The van der Waals surface area contributed by atoms with Crippen LogP contribution in [0, 0.1) is 0 Å². The van der Waals surface area contributed by atoms with E-state index in [2.05, 4.69) is 4.72 Å². The topological polar surface area (TPSA) is 52.9 Å². The molecule has 0 heterocycles. The van der Waals surface area contributed by atoms with E-state index in [-0.39, 0.29) is 11.7 Å². The fourth-order valence-corrected chi connectivity index (χ4v) is 0.566. The fourth-order valence-electron chi connectivity index (χ4n) is 0.189. The summed E-state index contributed by atoms with van der Waals surface area (Å²) in [5.41, 5.74) is 6.58. The summed E-state index contributed by atoms with van der Waals surface area (Å²) in [4.78, 5) is 10.3. The number of hydrogen-bond acceptors (Lipinski definition) is 3. The summed E-state index contributed by atoms with van der Waals surface area (Å²) < 4.78 is 2.75. The molecular weight excluding hydrogens is 124 g/mol. The zero-order valence-corrected chi connectivity index (χ0v) is 5.55. The molecular formula is C4H9N2OS. The van der Waals surface area contributed by atoms with Gasteiger partial charge in [-0.1, -0.05) is 6.92 Å². The van der Waals surface area contributed by atoms with Gasteiger partial charge in [0.15, 0.2) is 0 Å². The molecule has 0 unspecified atom stereocenters. The Hall–Kier alpha value is -0.0600. The van der Waals surface area contributed by atoms with Crippen LogP contribution in [0.15, 0.2) is 0 Å². The summed E-state index contributed by atoms with van der Waals surface area (Å²) in [7, 11) is 0. The molecule has 0 aromatic heterocycles. The molecule has 1 radical (unpaired) electrons. The van der Waals surface area contributed by atoms with Crippen molar-refractivity contribution in [1.82, 2.24) is 10.5 Å². The minimum Gasteiger partial charge on any atom is -0.284 e. The first-order chi connectivity index (χ1) is 3.81. The van der Waals surface area contributed by atoms with Crippen molar-refractivity contribution in [3.8, 4) is 0 Å². The van der Waals surface area contributed by atoms with Gasteiger partial charge in [0.05, 0.1) is 6.54 Å². The number of carbonyl (C=O) groups excluding carboxylic acids is 1. The maximum atomic E-state index is 10.3. The molecule has 0 aliphatic heterocycles. The minimum atomic E-state index is -0.141. The lowest BCUT2D eigenvalue weighted by Crippen LogP contribution is -2.09. The summed E-state index contributed by atoms with van der Waals surface area (Å²) in [5.74, 6) is 0. The molecule has 0 spiro atoms. The van der Waals surface area contributed by atoms with E-state index < -0.39 is 0 Å². The Morgan fingerprint density at radius 2 is 2.50 bits per heavy atom. The molecule has 0 saturated carbocycles. The lowest BCUT2D eigenvalue weighted by Gasteiger charge is -1.93. The highest BCUT2D eigenvalue weighted by molar-refractivity contribution is 8.12. The monoisotopic (exact) mass is 133 g/mol. The molecule has 0 aromatic rings. The van der Waals surface area contributed by atoms with Gasteiger partial charge in [0, 0.05) is 6.54 Å². The van der Waals surface area contributed by atoms with Crippen LogP contribution in [0.2, 0.25) is 0 Å². The Bertz CT molecular complexity index is 76.4. The van der Waals surface area contributed by atoms with E-state index in [0.29, 0.717) is 0 Å². The van der Waals surface area contributed by atoms with Crippen LogP contribution >= 0.6 is 11.9 Å². The van der Waals surface area contributed by atoms with Gasteiger partial charge in [-0.2, -0.15) is 0 Å². The highest BCUT2D eigenvalue weighted by atomic mass is 32.2. The molecule has 0 bridgehead atoms. The molecule has 3 nitrogen and oxygen atoms in total. The first kappa shape index (κ1) is 7.94. The Kier molecular flexibility index (Phi) is 5.05. The Labute approximate surface area is 53.1 Å². The summed E-state index contributed by atoms with van der Waals surface area (Å²) in [6.07, 6.45) is 0.